The lowest BCUT2D eigenvalue weighted by molar-refractivity contribution is -0.174. The molecule has 3 aliphatic rings. The second-order valence-corrected chi connectivity index (χ2v) is 10.2. The lowest BCUT2D eigenvalue weighted by Gasteiger charge is -2.24. The van der Waals surface area contributed by atoms with Crippen molar-refractivity contribution in [3.05, 3.63) is 27.0 Å². The van der Waals surface area contributed by atoms with Gasteiger partial charge in [0.1, 0.15) is 24.0 Å². The SMILES string of the molecule is Cn1c(=O)c2nc(-c3cnnn3C[C@H]3OC(C)(C)O[C@@H]3[C@@H]3COC(C)(C)O3)n3c2n(c1=O)CCC3. The minimum absolute atomic E-state index is 0.257. The van der Waals surface area contributed by atoms with Crippen LogP contribution in [0.25, 0.3) is 22.7 Å². The van der Waals surface area contributed by atoms with Crippen LogP contribution in [0.3, 0.4) is 0 Å². The average molecular weight is 488 g/mol. The lowest BCUT2D eigenvalue weighted by atomic mass is 10.1. The molecule has 3 aromatic rings. The largest absolute Gasteiger partial charge is 0.348 e. The van der Waals surface area contributed by atoms with E-state index in [2.05, 4.69) is 15.3 Å². The van der Waals surface area contributed by atoms with Crippen molar-refractivity contribution >= 4 is 11.2 Å². The Morgan fingerprint density at radius 1 is 1.06 bits per heavy atom. The van der Waals surface area contributed by atoms with Gasteiger partial charge in [0.2, 0.25) is 0 Å². The zero-order valence-electron chi connectivity index (χ0n) is 20.4. The van der Waals surface area contributed by atoms with Crippen LogP contribution >= 0.6 is 0 Å². The Labute approximate surface area is 200 Å². The minimum Gasteiger partial charge on any atom is -0.348 e. The summed E-state index contributed by atoms with van der Waals surface area (Å²) >= 11 is 0. The molecule has 188 valence electrons. The van der Waals surface area contributed by atoms with E-state index in [9.17, 15) is 9.59 Å². The Morgan fingerprint density at radius 2 is 1.83 bits per heavy atom. The van der Waals surface area contributed by atoms with Crippen LogP contribution in [0.15, 0.2) is 15.8 Å². The summed E-state index contributed by atoms with van der Waals surface area (Å²) in [6.45, 7) is 9.37. The highest BCUT2D eigenvalue weighted by molar-refractivity contribution is 5.76. The summed E-state index contributed by atoms with van der Waals surface area (Å²) in [6, 6.07) is 0. The second-order valence-electron chi connectivity index (χ2n) is 10.2. The quantitative estimate of drug-likeness (QED) is 0.508. The zero-order chi connectivity index (χ0) is 24.7. The first-order valence-corrected chi connectivity index (χ1v) is 11.8. The van der Waals surface area contributed by atoms with Crippen LogP contribution in [-0.4, -0.2) is 70.2 Å². The van der Waals surface area contributed by atoms with Gasteiger partial charge in [-0.15, -0.1) is 5.10 Å². The zero-order valence-corrected chi connectivity index (χ0v) is 20.4. The Kier molecular flexibility index (Phi) is 4.88. The van der Waals surface area contributed by atoms with Gasteiger partial charge in [0.25, 0.3) is 5.56 Å². The van der Waals surface area contributed by atoms with Gasteiger partial charge in [0.05, 0.1) is 19.3 Å². The number of nitrogens with zero attached hydrogens (tertiary/aromatic N) is 7. The highest BCUT2D eigenvalue weighted by Crippen LogP contribution is 2.36. The van der Waals surface area contributed by atoms with Gasteiger partial charge < -0.3 is 23.5 Å². The van der Waals surface area contributed by atoms with Crippen molar-refractivity contribution in [2.75, 3.05) is 6.61 Å². The molecule has 35 heavy (non-hydrogen) atoms. The number of hydrogen-bond acceptors (Lipinski definition) is 9. The number of hydrogen-bond donors (Lipinski definition) is 0. The van der Waals surface area contributed by atoms with Crippen LogP contribution < -0.4 is 11.2 Å². The molecule has 0 N–H and O–H groups in total. The van der Waals surface area contributed by atoms with Gasteiger partial charge in [0, 0.05) is 20.1 Å². The second kappa shape index (κ2) is 7.56. The number of ether oxygens (including phenoxy) is 4. The summed E-state index contributed by atoms with van der Waals surface area (Å²) in [5.41, 5.74) is 0.653. The Hall–Kier alpha value is -2.87. The van der Waals surface area contributed by atoms with E-state index >= 15 is 0 Å². The first kappa shape index (κ1) is 22.6. The summed E-state index contributed by atoms with van der Waals surface area (Å²) in [5, 5.41) is 8.41. The van der Waals surface area contributed by atoms with Crippen LogP contribution in [-0.2, 0) is 45.6 Å². The maximum absolute atomic E-state index is 12.8. The molecular weight excluding hydrogens is 458 g/mol. The van der Waals surface area contributed by atoms with Gasteiger partial charge in [-0.1, -0.05) is 5.21 Å². The van der Waals surface area contributed by atoms with Crippen LogP contribution in [0.4, 0.5) is 0 Å². The number of rotatable bonds is 4. The standard InChI is InChI=1S/C22H29N7O6/c1-21(2)32-11-14(34-21)16-13(33-22(3,4)35-16)10-29-12(9-23-25-29)17-24-15-18-27(17)7-6-8-28(18)20(31)26(5)19(15)30/h9,13-14,16H,6-8,10-11H2,1-5H3/t13-,14+,16+/m1/s1. The van der Waals surface area contributed by atoms with Gasteiger partial charge in [-0.2, -0.15) is 0 Å². The van der Waals surface area contributed by atoms with Gasteiger partial charge >= 0.3 is 5.69 Å². The molecule has 13 heteroatoms. The Bertz CT molecular complexity index is 1430. The van der Waals surface area contributed by atoms with Crippen molar-refractivity contribution in [2.45, 2.75) is 83.6 Å². The summed E-state index contributed by atoms with van der Waals surface area (Å²) < 4.78 is 30.6. The number of imidazole rings is 1. The third kappa shape index (κ3) is 3.56. The molecule has 0 aromatic carbocycles. The lowest BCUT2D eigenvalue weighted by Crippen LogP contribution is -2.40. The van der Waals surface area contributed by atoms with Gasteiger partial charge in [-0.25, -0.2) is 14.5 Å². The van der Waals surface area contributed by atoms with Gasteiger partial charge in [-0.05, 0) is 34.1 Å². The monoisotopic (exact) mass is 487 g/mol. The molecule has 0 spiro atoms. The molecule has 2 saturated heterocycles. The predicted octanol–water partition coefficient (Wildman–Crippen LogP) is 0.231. The average Bonchev–Trinajstić information content (AvgIpc) is 3.55. The fraction of sp³-hybridized carbons (Fsp3) is 0.682. The summed E-state index contributed by atoms with van der Waals surface area (Å²) in [5.74, 6) is -0.954. The van der Waals surface area contributed by atoms with E-state index in [0.29, 0.717) is 43.4 Å². The fourth-order valence-corrected chi connectivity index (χ4v) is 5.31. The highest BCUT2D eigenvalue weighted by atomic mass is 16.8. The molecule has 0 unspecified atom stereocenters. The Morgan fingerprint density at radius 3 is 2.57 bits per heavy atom. The van der Waals surface area contributed by atoms with E-state index in [4.69, 9.17) is 18.9 Å². The fourth-order valence-electron chi connectivity index (χ4n) is 5.31. The Balaban J connectivity index is 1.39. The van der Waals surface area contributed by atoms with Crippen molar-refractivity contribution in [2.24, 2.45) is 7.05 Å². The topological polar surface area (TPSA) is 129 Å². The van der Waals surface area contributed by atoms with Gasteiger partial charge in [0.15, 0.2) is 28.6 Å². The molecule has 6 rings (SSSR count). The molecule has 6 heterocycles. The van der Waals surface area contributed by atoms with Crippen molar-refractivity contribution < 1.29 is 18.9 Å². The van der Waals surface area contributed by atoms with E-state index in [1.54, 1.807) is 15.4 Å². The molecule has 0 bridgehead atoms. The van der Waals surface area contributed by atoms with Gasteiger partial charge in [-0.3, -0.25) is 13.9 Å². The number of aryl methyl sites for hydroxylation is 2. The van der Waals surface area contributed by atoms with E-state index in [1.807, 2.05) is 32.3 Å². The van der Waals surface area contributed by atoms with Crippen LogP contribution in [0, 0.1) is 0 Å². The first-order chi connectivity index (χ1) is 16.5. The molecule has 0 amide bonds. The normalized spacial score (nSPS) is 27.2. The maximum Gasteiger partial charge on any atom is 0.332 e. The molecule has 0 aliphatic carbocycles. The summed E-state index contributed by atoms with van der Waals surface area (Å²) in [7, 11) is 1.47. The van der Waals surface area contributed by atoms with Crippen LogP contribution in [0.5, 0.6) is 0 Å². The highest BCUT2D eigenvalue weighted by Gasteiger charge is 2.50. The molecule has 0 saturated carbocycles. The third-order valence-electron chi connectivity index (χ3n) is 6.80. The molecular formula is C22H29N7O6. The number of aromatic nitrogens is 7. The summed E-state index contributed by atoms with van der Waals surface area (Å²) in [4.78, 5) is 30.2. The van der Waals surface area contributed by atoms with Crippen molar-refractivity contribution in [3.63, 3.8) is 0 Å². The first-order valence-electron chi connectivity index (χ1n) is 11.8. The minimum atomic E-state index is -0.803. The van der Waals surface area contributed by atoms with E-state index in [0.717, 1.165) is 11.0 Å². The smallest absolute Gasteiger partial charge is 0.332 e. The van der Waals surface area contributed by atoms with Crippen LogP contribution in [0.2, 0.25) is 0 Å². The maximum atomic E-state index is 12.8. The van der Waals surface area contributed by atoms with Crippen molar-refractivity contribution in [3.8, 4) is 11.5 Å². The van der Waals surface area contributed by atoms with E-state index < -0.39 is 17.1 Å². The molecule has 3 atom stereocenters. The van der Waals surface area contributed by atoms with Crippen LogP contribution in [0.1, 0.15) is 34.1 Å². The molecule has 3 aliphatic heterocycles. The summed E-state index contributed by atoms with van der Waals surface area (Å²) in [6.07, 6.45) is 1.30. The van der Waals surface area contributed by atoms with E-state index in [1.165, 1.54) is 7.05 Å². The molecule has 13 nitrogen and oxygen atoms in total. The van der Waals surface area contributed by atoms with Crippen molar-refractivity contribution in [1.82, 2.24) is 33.7 Å². The molecule has 3 aromatic heterocycles. The predicted molar refractivity (Wildman–Crippen MR) is 122 cm³/mol. The molecule has 0 radical (unpaired) electrons. The van der Waals surface area contributed by atoms with Crippen molar-refractivity contribution in [1.29, 1.82) is 0 Å². The van der Waals surface area contributed by atoms with E-state index in [-0.39, 0.29) is 29.5 Å². The molecule has 2 fully saturated rings. The third-order valence-corrected chi connectivity index (χ3v) is 6.80.